The molecular formula is C19H25F3IN5S. The average molecular weight is 539 g/mol. The smallest absolute Gasteiger partial charge is 0.352 e. The molecule has 1 aromatic heterocycles. The van der Waals surface area contributed by atoms with Crippen LogP contribution in [0.5, 0.6) is 0 Å². The molecular weight excluding hydrogens is 514 g/mol. The van der Waals surface area contributed by atoms with Gasteiger partial charge in [0.05, 0.1) is 18.8 Å². The Morgan fingerprint density at radius 1 is 1.31 bits per heavy atom. The normalized spacial score (nSPS) is 17.8. The van der Waals surface area contributed by atoms with Crippen LogP contribution in [0.15, 0.2) is 35.3 Å². The monoisotopic (exact) mass is 539 g/mol. The molecule has 10 heteroatoms. The van der Waals surface area contributed by atoms with E-state index in [1.165, 1.54) is 4.90 Å². The highest BCUT2D eigenvalue weighted by atomic mass is 127. The van der Waals surface area contributed by atoms with Crippen molar-refractivity contribution in [2.75, 3.05) is 26.7 Å². The van der Waals surface area contributed by atoms with Gasteiger partial charge in [-0.3, -0.25) is 9.89 Å². The lowest BCUT2D eigenvalue weighted by atomic mass is 10.2. The van der Waals surface area contributed by atoms with Crippen LogP contribution in [-0.4, -0.2) is 54.7 Å². The van der Waals surface area contributed by atoms with Crippen LogP contribution in [0, 0.1) is 6.92 Å². The molecule has 2 aromatic rings. The predicted molar refractivity (Wildman–Crippen MR) is 122 cm³/mol. The third kappa shape index (κ3) is 7.10. The lowest BCUT2D eigenvalue weighted by Gasteiger charge is -2.19. The maximum Gasteiger partial charge on any atom is 0.401 e. The summed E-state index contributed by atoms with van der Waals surface area (Å²) in [5, 5.41) is 7.44. The third-order valence-electron chi connectivity index (χ3n) is 4.57. The summed E-state index contributed by atoms with van der Waals surface area (Å²) >= 11 is 1.62. The van der Waals surface area contributed by atoms with Crippen molar-refractivity contribution in [1.82, 2.24) is 20.5 Å². The van der Waals surface area contributed by atoms with Crippen LogP contribution in [0.2, 0.25) is 0 Å². The fraction of sp³-hybridized carbons (Fsp3) is 0.474. The number of benzene rings is 1. The van der Waals surface area contributed by atoms with Crippen LogP contribution < -0.4 is 10.6 Å². The van der Waals surface area contributed by atoms with E-state index >= 15 is 0 Å². The van der Waals surface area contributed by atoms with Gasteiger partial charge in [-0.25, -0.2) is 4.98 Å². The van der Waals surface area contributed by atoms with Crippen molar-refractivity contribution < 1.29 is 13.2 Å². The molecule has 1 atom stereocenters. The van der Waals surface area contributed by atoms with E-state index in [-0.39, 0.29) is 30.0 Å². The number of hydrogen-bond donors (Lipinski definition) is 2. The van der Waals surface area contributed by atoms with Gasteiger partial charge in [0.25, 0.3) is 0 Å². The Morgan fingerprint density at radius 2 is 2.03 bits per heavy atom. The third-order valence-corrected chi connectivity index (χ3v) is 5.78. The van der Waals surface area contributed by atoms with E-state index < -0.39 is 12.7 Å². The molecule has 1 aliphatic rings. The van der Waals surface area contributed by atoms with E-state index in [9.17, 15) is 13.2 Å². The van der Waals surface area contributed by atoms with Gasteiger partial charge in [0, 0.05) is 36.6 Å². The molecule has 1 aliphatic heterocycles. The van der Waals surface area contributed by atoms with E-state index in [0.29, 0.717) is 32.0 Å². The number of guanidine groups is 1. The molecule has 1 fully saturated rings. The number of aryl methyl sites for hydroxylation is 1. The molecule has 1 aromatic carbocycles. The Labute approximate surface area is 189 Å². The van der Waals surface area contributed by atoms with Crippen molar-refractivity contribution in [1.29, 1.82) is 0 Å². The van der Waals surface area contributed by atoms with Crippen LogP contribution in [-0.2, 0) is 6.54 Å². The minimum atomic E-state index is -4.16. The molecule has 160 valence electrons. The Balaban J connectivity index is 0.00000300. The summed E-state index contributed by atoms with van der Waals surface area (Å²) in [6.07, 6.45) is -3.50. The largest absolute Gasteiger partial charge is 0.401 e. The lowest BCUT2D eigenvalue weighted by molar-refractivity contribution is -0.143. The molecule has 2 heterocycles. The number of nitrogens with one attached hydrogen (secondary N) is 2. The van der Waals surface area contributed by atoms with E-state index in [1.54, 1.807) is 18.4 Å². The van der Waals surface area contributed by atoms with Gasteiger partial charge in [-0.05, 0) is 13.3 Å². The molecule has 3 rings (SSSR count). The molecule has 2 N–H and O–H groups in total. The van der Waals surface area contributed by atoms with Gasteiger partial charge in [0.1, 0.15) is 5.01 Å². The molecule has 0 amide bonds. The number of halogens is 4. The fourth-order valence-electron chi connectivity index (χ4n) is 3.20. The number of hydrogen-bond acceptors (Lipinski definition) is 4. The highest BCUT2D eigenvalue weighted by Crippen LogP contribution is 2.27. The molecule has 0 spiro atoms. The van der Waals surface area contributed by atoms with Crippen LogP contribution in [0.1, 0.15) is 17.0 Å². The first-order chi connectivity index (χ1) is 13.3. The molecule has 0 radical (unpaired) electrons. The SMILES string of the molecule is CN=C(NCc1sc(-c2ccccc2)nc1C)NC1CCN(CC(F)(F)F)C1.I. The van der Waals surface area contributed by atoms with Gasteiger partial charge in [-0.1, -0.05) is 30.3 Å². The Hall–Kier alpha value is -1.40. The van der Waals surface area contributed by atoms with Crippen molar-refractivity contribution in [3.63, 3.8) is 0 Å². The zero-order chi connectivity index (χ0) is 20.1. The maximum absolute atomic E-state index is 12.5. The van der Waals surface area contributed by atoms with Crippen LogP contribution in [0.25, 0.3) is 10.6 Å². The summed E-state index contributed by atoms with van der Waals surface area (Å²) in [7, 11) is 1.66. The first-order valence-corrected chi connectivity index (χ1v) is 9.93. The maximum atomic E-state index is 12.5. The predicted octanol–water partition coefficient (Wildman–Crippen LogP) is 4.04. The van der Waals surface area contributed by atoms with E-state index in [0.717, 1.165) is 21.1 Å². The summed E-state index contributed by atoms with van der Waals surface area (Å²) in [5.41, 5.74) is 2.05. The topological polar surface area (TPSA) is 52.6 Å². The van der Waals surface area contributed by atoms with Gasteiger partial charge < -0.3 is 10.6 Å². The molecule has 5 nitrogen and oxygen atoms in total. The second-order valence-electron chi connectivity index (χ2n) is 6.80. The number of alkyl halides is 3. The number of rotatable bonds is 5. The summed E-state index contributed by atoms with van der Waals surface area (Å²) in [4.78, 5) is 11.4. The van der Waals surface area contributed by atoms with Crippen LogP contribution >= 0.6 is 35.3 Å². The average Bonchev–Trinajstić information content (AvgIpc) is 3.24. The zero-order valence-electron chi connectivity index (χ0n) is 16.3. The second kappa shape index (κ2) is 10.6. The van der Waals surface area contributed by atoms with E-state index in [2.05, 4.69) is 20.6 Å². The van der Waals surface area contributed by atoms with Gasteiger partial charge in [-0.15, -0.1) is 35.3 Å². The zero-order valence-corrected chi connectivity index (χ0v) is 19.4. The van der Waals surface area contributed by atoms with Crippen molar-refractivity contribution in [2.45, 2.75) is 32.1 Å². The number of likely N-dealkylation sites (tertiary alicyclic amines) is 1. The second-order valence-corrected chi connectivity index (χ2v) is 7.88. The Kier molecular flexibility index (Phi) is 8.71. The lowest BCUT2D eigenvalue weighted by Crippen LogP contribution is -2.44. The summed E-state index contributed by atoms with van der Waals surface area (Å²) in [6, 6.07) is 9.96. The van der Waals surface area contributed by atoms with Crippen LogP contribution in [0.4, 0.5) is 13.2 Å². The molecule has 29 heavy (non-hydrogen) atoms. The first kappa shape index (κ1) is 23.9. The first-order valence-electron chi connectivity index (χ1n) is 9.12. The van der Waals surface area contributed by atoms with E-state index in [1.807, 2.05) is 37.3 Å². The standard InChI is InChI=1S/C19H24F3N5S.HI/c1-13-16(28-17(25-13)14-6-4-3-5-7-14)10-24-18(23-2)26-15-8-9-27(11-15)12-19(20,21)22;/h3-7,15H,8-12H2,1-2H3,(H2,23,24,26);1H. The Bertz CT molecular complexity index is 810. The fourth-order valence-corrected chi connectivity index (χ4v) is 4.20. The van der Waals surface area contributed by atoms with Crippen molar-refractivity contribution in [2.24, 2.45) is 4.99 Å². The van der Waals surface area contributed by atoms with Crippen molar-refractivity contribution >= 4 is 41.3 Å². The van der Waals surface area contributed by atoms with Crippen LogP contribution in [0.3, 0.4) is 0 Å². The number of aliphatic imine (C=N–C) groups is 1. The molecule has 0 saturated carbocycles. The van der Waals surface area contributed by atoms with Crippen molar-refractivity contribution in [3.8, 4) is 10.6 Å². The molecule has 1 saturated heterocycles. The summed E-state index contributed by atoms with van der Waals surface area (Å²) in [6.45, 7) is 2.47. The minimum absolute atomic E-state index is 0. The minimum Gasteiger partial charge on any atom is -0.352 e. The summed E-state index contributed by atoms with van der Waals surface area (Å²) < 4.78 is 37.6. The highest BCUT2D eigenvalue weighted by molar-refractivity contribution is 14.0. The quantitative estimate of drug-likeness (QED) is 0.342. The van der Waals surface area contributed by atoms with Crippen molar-refractivity contribution in [3.05, 3.63) is 40.9 Å². The van der Waals surface area contributed by atoms with Gasteiger partial charge >= 0.3 is 6.18 Å². The highest BCUT2D eigenvalue weighted by Gasteiger charge is 2.34. The molecule has 0 aliphatic carbocycles. The molecule has 1 unspecified atom stereocenters. The van der Waals surface area contributed by atoms with Gasteiger partial charge in [-0.2, -0.15) is 13.2 Å². The Morgan fingerprint density at radius 3 is 2.69 bits per heavy atom. The number of aromatic nitrogens is 1. The number of nitrogens with zero attached hydrogens (tertiary/aromatic N) is 3. The van der Waals surface area contributed by atoms with E-state index in [4.69, 9.17) is 0 Å². The molecule has 0 bridgehead atoms. The van der Waals surface area contributed by atoms with Gasteiger partial charge in [0.2, 0.25) is 0 Å². The summed E-state index contributed by atoms with van der Waals surface area (Å²) in [5.74, 6) is 0.591. The van der Waals surface area contributed by atoms with Gasteiger partial charge in [0.15, 0.2) is 5.96 Å². The number of thiazole rings is 1.